The van der Waals surface area contributed by atoms with E-state index in [1.807, 2.05) is 0 Å². The van der Waals surface area contributed by atoms with Gasteiger partial charge in [0, 0.05) is 0 Å². The minimum Gasteiger partial charge on any atom is -0.0861 e. The van der Waals surface area contributed by atoms with Gasteiger partial charge in [0.1, 0.15) is 6.71 Å². The number of allylic oxidation sites excluding steroid dienone is 2. The van der Waals surface area contributed by atoms with Crippen molar-refractivity contribution in [2.75, 3.05) is 0 Å². The molecule has 0 saturated carbocycles. The van der Waals surface area contributed by atoms with Crippen LogP contribution in [0.15, 0.2) is 11.6 Å². The molecule has 1 saturated heterocycles. The Morgan fingerprint density at radius 3 is 3.00 bits per heavy atom. The Balaban J connectivity index is 2.13. The summed E-state index contributed by atoms with van der Waals surface area (Å²) < 4.78 is 0. The maximum absolute atomic E-state index is 2.52. The molecule has 1 heterocycles. The lowest BCUT2D eigenvalue weighted by atomic mass is 9.38. The van der Waals surface area contributed by atoms with Crippen LogP contribution < -0.4 is 0 Å². The first-order valence-corrected chi connectivity index (χ1v) is 4.91. The zero-order valence-electron chi connectivity index (χ0n) is 7.64. The Bertz CT molecular complexity index is 183. The molecule has 0 N–H and O–H groups in total. The summed E-state index contributed by atoms with van der Waals surface area (Å²) in [6.45, 7) is 5.70. The highest BCUT2D eigenvalue weighted by Gasteiger charge is 2.29. The zero-order chi connectivity index (χ0) is 7.84. The van der Waals surface area contributed by atoms with Gasteiger partial charge in [-0.25, -0.2) is 0 Å². The summed E-state index contributed by atoms with van der Waals surface area (Å²) in [5.74, 6) is 1.98. The van der Waals surface area contributed by atoms with Crippen LogP contribution in [-0.2, 0) is 0 Å². The topological polar surface area (TPSA) is 0 Å². The number of fused-ring (bicyclic) bond motifs is 2. The van der Waals surface area contributed by atoms with Gasteiger partial charge in [-0.15, -0.1) is 0 Å². The maximum Gasteiger partial charge on any atom is 0.137 e. The number of hydrogen-bond acceptors (Lipinski definition) is 0. The largest absolute Gasteiger partial charge is 0.137 e. The van der Waals surface area contributed by atoms with Gasteiger partial charge in [0.15, 0.2) is 0 Å². The van der Waals surface area contributed by atoms with Gasteiger partial charge >= 0.3 is 0 Å². The van der Waals surface area contributed by atoms with Gasteiger partial charge in [0.2, 0.25) is 0 Å². The quantitative estimate of drug-likeness (QED) is 0.365. The van der Waals surface area contributed by atoms with Crippen molar-refractivity contribution in [1.82, 2.24) is 0 Å². The van der Waals surface area contributed by atoms with E-state index in [1.165, 1.54) is 25.5 Å². The molecule has 60 valence electrons. The summed E-state index contributed by atoms with van der Waals surface area (Å²) in [6.07, 6.45) is 8.34. The molecule has 0 radical (unpaired) electrons. The monoisotopic (exact) mass is 148 g/mol. The molecular weight excluding hydrogens is 131 g/mol. The SMILES string of the molecule is CB1CC2C=C(C)CC(C1)C2. The van der Waals surface area contributed by atoms with Crippen LogP contribution in [0, 0.1) is 11.8 Å². The molecule has 1 fully saturated rings. The third-order valence-corrected chi connectivity index (χ3v) is 3.21. The van der Waals surface area contributed by atoms with Gasteiger partial charge in [0.05, 0.1) is 0 Å². The molecule has 2 atom stereocenters. The third kappa shape index (κ3) is 1.52. The molecule has 11 heavy (non-hydrogen) atoms. The van der Waals surface area contributed by atoms with Gasteiger partial charge in [-0.1, -0.05) is 31.1 Å². The normalized spacial score (nSPS) is 36.9. The fourth-order valence-corrected chi connectivity index (χ4v) is 3.03. The first-order chi connectivity index (χ1) is 5.24. The highest BCUT2D eigenvalue weighted by molar-refractivity contribution is 6.57. The van der Waals surface area contributed by atoms with Crippen LogP contribution in [0.2, 0.25) is 19.5 Å². The Labute approximate surface area is 70.1 Å². The van der Waals surface area contributed by atoms with Crippen molar-refractivity contribution < 1.29 is 0 Å². The fraction of sp³-hybridized carbons (Fsp3) is 0.800. The molecular formula is C10H17B. The average molecular weight is 148 g/mol. The predicted molar refractivity (Wildman–Crippen MR) is 51.2 cm³/mol. The van der Waals surface area contributed by atoms with Crippen LogP contribution in [0.5, 0.6) is 0 Å². The molecule has 0 amide bonds. The van der Waals surface area contributed by atoms with Crippen LogP contribution in [0.1, 0.15) is 19.8 Å². The first kappa shape index (κ1) is 7.45. The molecule has 0 aromatic carbocycles. The van der Waals surface area contributed by atoms with Gasteiger partial charge in [0.25, 0.3) is 0 Å². The highest BCUT2D eigenvalue weighted by Crippen LogP contribution is 2.39. The van der Waals surface area contributed by atoms with E-state index in [0.717, 1.165) is 18.5 Å². The summed E-state index contributed by atoms with van der Waals surface area (Å²) in [7, 11) is 0. The van der Waals surface area contributed by atoms with Crippen molar-refractivity contribution in [1.29, 1.82) is 0 Å². The minimum absolute atomic E-state index is 0.942. The van der Waals surface area contributed by atoms with Crippen LogP contribution in [0.3, 0.4) is 0 Å². The summed E-state index contributed by atoms with van der Waals surface area (Å²) in [5.41, 5.74) is 1.65. The molecule has 1 aliphatic carbocycles. The lowest BCUT2D eigenvalue weighted by Crippen LogP contribution is -2.28. The summed E-state index contributed by atoms with van der Waals surface area (Å²) in [4.78, 5) is 0. The summed E-state index contributed by atoms with van der Waals surface area (Å²) in [5, 5.41) is 0. The standard InChI is InChI=1S/C10H17B/c1-8-3-9-5-10(4-8)7-11(2)6-9/h3,9-10H,4-7H2,1-2H3. The maximum atomic E-state index is 2.52. The van der Waals surface area contributed by atoms with Crippen molar-refractivity contribution in [2.24, 2.45) is 11.8 Å². The lowest BCUT2D eigenvalue weighted by Gasteiger charge is -2.35. The van der Waals surface area contributed by atoms with E-state index >= 15 is 0 Å². The van der Waals surface area contributed by atoms with Crippen LogP contribution in [-0.4, -0.2) is 6.71 Å². The Kier molecular flexibility index (Phi) is 1.82. The Morgan fingerprint density at radius 2 is 2.27 bits per heavy atom. The van der Waals surface area contributed by atoms with Crippen LogP contribution in [0.4, 0.5) is 0 Å². The van der Waals surface area contributed by atoms with E-state index in [0.29, 0.717) is 0 Å². The molecule has 1 aliphatic heterocycles. The van der Waals surface area contributed by atoms with Gasteiger partial charge in [-0.2, -0.15) is 0 Å². The second kappa shape index (κ2) is 2.69. The fourth-order valence-electron chi connectivity index (χ4n) is 3.03. The summed E-state index contributed by atoms with van der Waals surface area (Å²) >= 11 is 0. The molecule has 0 nitrogen and oxygen atoms in total. The van der Waals surface area contributed by atoms with Crippen molar-refractivity contribution in [3.63, 3.8) is 0 Å². The molecule has 2 bridgehead atoms. The van der Waals surface area contributed by atoms with Crippen molar-refractivity contribution >= 4 is 6.71 Å². The highest BCUT2D eigenvalue weighted by atomic mass is 14.3. The minimum atomic E-state index is 0.942. The summed E-state index contributed by atoms with van der Waals surface area (Å²) in [6, 6.07) is 0. The average Bonchev–Trinajstić information content (AvgIpc) is 1.82. The van der Waals surface area contributed by atoms with E-state index in [-0.39, 0.29) is 0 Å². The molecule has 0 spiro atoms. The Morgan fingerprint density at radius 1 is 1.45 bits per heavy atom. The zero-order valence-corrected chi connectivity index (χ0v) is 7.64. The molecule has 0 aromatic heterocycles. The molecule has 2 rings (SSSR count). The number of hydrogen-bond donors (Lipinski definition) is 0. The van der Waals surface area contributed by atoms with E-state index in [1.54, 1.807) is 5.57 Å². The number of rotatable bonds is 0. The molecule has 2 unspecified atom stereocenters. The van der Waals surface area contributed by atoms with E-state index in [9.17, 15) is 0 Å². The van der Waals surface area contributed by atoms with Crippen molar-refractivity contribution in [3.8, 4) is 0 Å². The molecule has 0 aromatic rings. The molecule has 2 aliphatic rings. The van der Waals surface area contributed by atoms with Gasteiger partial charge in [-0.3, -0.25) is 0 Å². The Hall–Kier alpha value is -0.195. The smallest absolute Gasteiger partial charge is 0.0861 e. The van der Waals surface area contributed by atoms with Gasteiger partial charge in [-0.05, 0) is 31.6 Å². The van der Waals surface area contributed by atoms with E-state index in [4.69, 9.17) is 0 Å². The predicted octanol–water partition coefficient (Wildman–Crippen LogP) is 3.10. The van der Waals surface area contributed by atoms with Crippen LogP contribution in [0.25, 0.3) is 0 Å². The molecule has 1 heteroatoms. The second-order valence-electron chi connectivity index (χ2n) is 4.66. The second-order valence-corrected chi connectivity index (χ2v) is 4.66. The van der Waals surface area contributed by atoms with E-state index < -0.39 is 0 Å². The van der Waals surface area contributed by atoms with Crippen molar-refractivity contribution in [2.45, 2.75) is 39.2 Å². The first-order valence-electron chi connectivity index (χ1n) is 4.91. The van der Waals surface area contributed by atoms with Gasteiger partial charge < -0.3 is 0 Å². The van der Waals surface area contributed by atoms with E-state index in [2.05, 4.69) is 19.8 Å². The van der Waals surface area contributed by atoms with Crippen LogP contribution >= 0.6 is 0 Å². The third-order valence-electron chi connectivity index (χ3n) is 3.21. The lowest BCUT2D eigenvalue weighted by molar-refractivity contribution is 0.410. The van der Waals surface area contributed by atoms with Crippen molar-refractivity contribution in [3.05, 3.63) is 11.6 Å².